The molecule has 4 aromatic heterocycles. The first kappa shape index (κ1) is 23.9. The molecule has 0 fully saturated rings. The minimum Gasteiger partial charge on any atom is -0.471 e. The zero-order valence-corrected chi connectivity index (χ0v) is 19.2. The number of pyridine rings is 2. The monoisotopic (exact) mass is 510 g/mol. The van der Waals surface area contributed by atoms with Crippen molar-refractivity contribution >= 4 is 46.4 Å². The van der Waals surface area contributed by atoms with Crippen LogP contribution in [0.15, 0.2) is 60.9 Å². The molecule has 4 rings (SSSR count). The van der Waals surface area contributed by atoms with Crippen molar-refractivity contribution in [3.05, 3.63) is 93.1 Å². The van der Waals surface area contributed by atoms with Gasteiger partial charge < -0.3 is 9.47 Å². The van der Waals surface area contributed by atoms with Gasteiger partial charge in [-0.2, -0.15) is 15.0 Å². The fraction of sp³-hybridized carbons (Fsp3) is 0.100. The van der Waals surface area contributed by atoms with E-state index in [2.05, 4.69) is 29.9 Å². The van der Waals surface area contributed by atoms with Crippen molar-refractivity contribution in [2.75, 3.05) is 0 Å². The molecule has 0 atom stereocenters. The molecule has 0 saturated heterocycles. The average Bonchev–Trinajstić information content (AvgIpc) is 2.77. The Morgan fingerprint density at radius 3 is 1.72 bits per heavy atom. The Morgan fingerprint density at radius 2 is 1.19 bits per heavy atom. The van der Waals surface area contributed by atoms with E-state index in [9.17, 15) is 0 Å². The number of halogens is 4. The lowest BCUT2D eigenvalue weighted by Gasteiger charge is -2.04. The van der Waals surface area contributed by atoms with Crippen LogP contribution < -0.4 is 9.47 Å². The summed E-state index contributed by atoms with van der Waals surface area (Å²) in [6, 6.07) is 14.2. The lowest BCUT2D eigenvalue weighted by Crippen LogP contribution is -2.01. The molecule has 0 aromatic carbocycles. The topological polar surface area (TPSA) is 95.8 Å². The third kappa shape index (κ3) is 8.39. The highest BCUT2D eigenvalue weighted by molar-refractivity contribution is 6.33. The van der Waals surface area contributed by atoms with Crippen molar-refractivity contribution in [1.82, 2.24) is 29.9 Å². The van der Waals surface area contributed by atoms with Gasteiger partial charge >= 0.3 is 6.01 Å². The Balaban J connectivity index is 0.000000181. The summed E-state index contributed by atoms with van der Waals surface area (Å²) in [4.78, 5) is 23.5. The smallest absolute Gasteiger partial charge is 0.319 e. The molecule has 4 heterocycles. The lowest BCUT2D eigenvalue weighted by atomic mass is 10.4. The van der Waals surface area contributed by atoms with Crippen LogP contribution in [0, 0.1) is 0 Å². The zero-order chi connectivity index (χ0) is 22.8. The Bertz CT molecular complexity index is 1010. The summed E-state index contributed by atoms with van der Waals surface area (Å²) in [5, 5.41) is 0.798. The van der Waals surface area contributed by atoms with Crippen LogP contribution in [0.4, 0.5) is 0 Å². The standard InChI is InChI=1S/2C10H7Cl2N3O/c11-8-5-9(15-10(12)14-8)16-6-7-3-1-2-4-13-7;11-8-5-9(12)15-10(14-8)16-6-7-3-1-2-4-13-7/h2*1-5H,6H2. The summed E-state index contributed by atoms with van der Waals surface area (Å²) in [6.07, 6.45) is 3.38. The second kappa shape index (κ2) is 12.3. The number of nitrogens with zero attached hydrogens (tertiary/aromatic N) is 6. The number of rotatable bonds is 6. The molecule has 0 spiro atoms. The van der Waals surface area contributed by atoms with E-state index in [0.29, 0.717) is 12.5 Å². The van der Waals surface area contributed by atoms with Gasteiger partial charge in [-0.25, -0.2) is 4.98 Å². The lowest BCUT2D eigenvalue weighted by molar-refractivity contribution is 0.276. The summed E-state index contributed by atoms with van der Waals surface area (Å²) in [5.74, 6) is 0.329. The van der Waals surface area contributed by atoms with Gasteiger partial charge in [0.1, 0.15) is 28.7 Å². The van der Waals surface area contributed by atoms with Gasteiger partial charge in [0.2, 0.25) is 11.2 Å². The highest BCUT2D eigenvalue weighted by Crippen LogP contribution is 2.17. The minimum atomic E-state index is 0.0588. The molecule has 0 aliphatic rings. The van der Waals surface area contributed by atoms with Crippen LogP contribution in [0.5, 0.6) is 11.9 Å². The predicted molar refractivity (Wildman–Crippen MR) is 121 cm³/mol. The second-order valence-electron chi connectivity index (χ2n) is 5.81. The van der Waals surface area contributed by atoms with E-state index in [4.69, 9.17) is 55.9 Å². The molecule has 0 N–H and O–H groups in total. The van der Waals surface area contributed by atoms with Crippen LogP contribution in [-0.2, 0) is 13.2 Å². The van der Waals surface area contributed by atoms with Crippen LogP contribution >= 0.6 is 46.4 Å². The quantitative estimate of drug-likeness (QED) is 0.247. The molecule has 0 aliphatic heterocycles. The van der Waals surface area contributed by atoms with Gasteiger partial charge in [0, 0.05) is 24.5 Å². The third-order valence-electron chi connectivity index (χ3n) is 3.46. The fourth-order valence-electron chi connectivity index (χ4n) is 2.13. The van der Waals surface area contributed by atoms with E-state index in [-0.39, 0.29) is 33.4 Å². The molecule has 0 aliphatic carbocycles. The van der Waals surface area contributed by atoms with Crippen LogP contribution in [0.25, 0.3) is 0 Å². The highest BCUT2D eigenvalue weighted by atomic mass is 35.5. The molecule has 12 heteroatoms. The first-order valence-electron chi connectivity index (χ1n) is 8.93. The first-order chi connectivity index (χ1) is 15.5. The number of aromatic nitrogens is 6. The van der Waals surface area contributed by atoms with Crippen molar-refractivity contribution in [2.24, 2.45) is 0 Å². The molecule has 0 saturated carbocycles. The van der Waals surface area contributed by atoms with Crippen molar-refractivity contribution in [1.29, 1.82) is 0 Å². The van der Waals surface area contributed by atoms with Crippen molar-refractivity contribution in [3.63, 3.8) is 0 Å². The maximum Gasteiger partial charge on any atom is 0.319 e. The van der Waals surface area contributed by atoms with E-state index in [1.165, 1.54) is 12.1 Å². The van der Waals surface area contributed by atoms with Gasteiger partial charge in [0.05, 0.1) is 11.4 Å². The molecule has 0 radical (unpaired) electrons. The molecule has 0 amide bonds. The summed E-state index contributed by atoms with van der Waals surface area (Å²) >= 11 is 22.7. The van der Waals surface area contributed by atoms with Crippen molar-refractivity contribution in [3.8, 4) is 11.9 Å². The van der Waals surface area contributed by atoms with Crippen LogP contribution in [0.3, 0.4) is 0 Å². The maximum atomic E-state index is 5.70. The molecule has 0 unspecified atom stereocenters. The van der Waals surface area contributed by atoms with Gasteiger partial charge in [0.15, 0.2) is 0 Å². The van der Waals surface area contributed by atoms with Crippen LogP contribution in [0.1, 0.15) is 11.4 Å². The number of hydrogen-bond acceptors (Lipinski definition) is 8. The van der Waals surface area contributed by atoms with Crippen molar-refractivity contribution in [2.45, 2.75) is 13.2 Å². The molecule has 164 valence electrons. The average molecular weight is 512 g/mol. The number of hydrogen-bond donors (Lipinski definition) is 0. The molecule has 32 heavy (non-hydrogen) atoms. The molecular weight excluding hydrogens is 498 g/mol. The zero-order valence-electron chi connectivity index (χ0n) is 16.2. The van der Waals surface area contributed by atoms with E-state index < -0.39 is 0 Å². The van der Waals surface area contributed by atoms with Crippen molar-refractivity contribution < 1.29 is 9.47 Å². The number of ether oxygens (including phenoxy) is 2. The largest absolute Gasteiger partial charge is 0.471 e. The van der Waals surface area contributed by atoms with Gasteiger partial charge in [-0.3, -0.25) is 9.97 Å². The van der Waals surface area contributed by atoms with Gasteiger partial charge in [-0.15, -0.1) is 0 Å². The normalized spacial score (nSPS) is 10.1. The third-order valence-corrected chi connectivity index (χ3v) is 4.21. The Morgan fingerprint density at radius 1 is 0.625 bits per heavy atom. The Kier molecular flexibility index (Phi) is 9.18. The van der Waals surface area contributed by atoms with Gasteiger partial charge in [-0.1, -0.05) is 46.9 Å². The Labute approximate surface area is 203 Å². The van der Waals surface area contributed by atoms with E-state index in [0.717, 1.165) is 11.4 Å². The van der Waals surface area contributed by atoms with Gasteiger partial charge in [0.25, 0.3) is 0 Å². The SMILES string of the molecule is Clc1cc(Cl)nc(OCc2ccccn2)n1.Clc1cc(OCc2ccccn2)nc(Cl)n1. The summed E-state index contributed by atoms with van der Waals surface area (Å²) in [7, 11) is 0. The second-order valence-corrected chi connectivity index (χ2v) is 7.31. The minimum absolute atomic E-state index is 0.0588. The highest BCUT2D eigenvalue weighted by Gasteiger charge is 2.04. The van der Waals surface area contributed by atoms with E-state index >= 15 is 0 Å². The molecule has 4 aromatic rings. The van der Waals surface area contributed by atoms with Crippen LogP contribution in [0.2, 0.25) is 20.7 Å². The molecule has 8 nitrogen and oxygen atoms in total. The summed E-state index contributed by atoms with van der Waals surface area (Å²) in [5.41, 5.74) is 1.58. The maximum absolute atomic E-state index is 5.70. The van der Waals surface area contributed by atoms with E-state index in [1.54, 1.807) is 12.4 Å². The Hall–Kier alpha value is -2.78. The predicted octanol–water partition coefficient (Wildman–Crippen LogP) is 5.51. The summed E-state index contributed by atoms with van der Waals surface area (Å²) in [6.45, 7) is 0.585. The molecular formula is C20H14Cl4N6O2. The van der Waals surface area contributed by atoms with Crippen LogP contribution in [-0.4, -0.2) is 29.9 Å². The van der Waals surface area contributed by atoms with Gasteiger partial charge in [-0.05, 0) is 35.9 Å². The van der Waals surface area contributed by atoms with E-state index in [1.807, 2.05) is 36.4 Å². The molecule has 0 bridgehead atoms. The summed E-state index contributed by atoms with van der Waals surface area (Å²) < 4.78 is 10.7. The first-order valence-corrected chi connectivity index (χ1v) is 10.4. The fourth-order valence-corrected chi connectivity index (χ4v) is 2.93.